The third-order valence-electron chi connectivity index (χ3n) is 4.04. The second kappa shape index (κ2) is 7.76. The van der Waals surface area contributed by atoms with Crippen LogP contribution < -0.4 is 10.6 Å². The molecule has 1 fully saturated rings. The molecule has 1 atom stereocenters. The first-order chi connectivity index (χ1) is 11.6. The number of anilines is 1. The Morgan fingerprint density at radius 3 is 2.79 bits per heavy atom. The van der Waals surface area contributed by atoms with Crippen molar-refractivity contribution in [2.75, 3.05) is 18.5 Å². The predicted octanol–water partition coefficient (Wildman–Crippen LogP) is 3.54. The van der Waals surface area contributed by atoms with Gasteiger partial charge in [-0.3, -0.25) is 0 Å². The molecule has 2 aromatic rings. The number of nitrogens with one attached hydrogen (secondary N) is 2. The van der Waals surface area contributed by atoms with E-state index < -0.39 is 0 Å². The van der Waals surface area contributed by atoms with Gasteiger partial charge in [-0.05, 0) is 30.2 Å². The Bertz CT molecular complexity index is 650. The maximum absolute atomic E-state index is 12.3. The van der Waals surface area contributed by atoms with E-state index in [1.54, 1.807) is 0 Å². The molecule has 1 aliphatic rings. The molecule has 7 nitrogen and oxygen atoms in total. The fraction of sp³-hybridized carbons (Fsp3) is 0.562. The summed E-state index contributed by atoms with van der Waals surface area (Å²) in [6, 6.07) is 1.28. The smallest absolute Gasteiger partial charge is 0.319 e. The lowest BCUT2D eigenvalue weighted by Crippen LogP contribution is -2.38. The highest BCUT2D eigenvalue weighted by atomic mass is 32.1. The van der Waals surface area contributed by atoms with E-state index in [4.69, 9.17) is 9.26 Å². The van der Waals surface area contributed by atoms with E-state index in [0.717, 1.165) is 18.5 Å². The van der Waals surface area contributed by atoms with E-state index in [2.05, 4.69) is 20.8 Å². The van der Waals surface area contributed by atoms with Crippen molar-refractivity contribution in [1.29, 1.82) is 0 Å². The van der Waals surface area contributed by atoms with E-state index >= 15 is 0 Å². The van der Waals surface area contributed by atoms with Gasteiger partial charge in [0.25, 0.3) is 0 Å². The SMILES string of the molecule is CC(C)c1noc([C@H](NC(=O)Nc2ccsc2)C2CCOCC2)n1. The van der Waals surface area contributed by atoms with Gasteiger partial charge in [0, 0.05) is 24.5 Å². The molecular weight excluding hydrogens is 328 g/mol. The number of hydrogen-bond donors (Lipinski definition) is 2. The number of thiophene rings is 1. The summed E-state index contributed by atoms with van der Waals surface area (Å²) in [7, 11) is 0. The Balaban J connectivity index is 1.74. The molecule has 0 unspecified atom stereocenters. The van der Waals surface area contributed by atoms with Gasteiger partial charge < -0.3 is 19.9 Å². The van der Waals surface area contributed by atoms with Gasteiger partial charge in [0.05, 0.1) is 5.69 Å². The van der Waals surface area contributed by atoms with Crippen molar-refractivity contribution in [2.45, 2.75) is 38.6 Å². The van der Waals surface area contributed by atoms with Gasteiger partial charge in [-0.2, -0.15) is 16.3 Å². The molecule has 1 aliphatic heterocycles. The van der Waals surface area contributed by atoms with Crippen LogP contribution in [0.4, 0.5) is 10.5 Å². The zero-order chi connectivity index (χ0) is 16.9. The molecule has 0 aromatic carbocycles. The number of carbonyl (C=O) groups is 1. The van der Waals surface area contributed by atoms with Crippen LogP contribution in [0.15, 0.2) is 21.3 Å². The molecule has 130 valence electrons. The minimum absolute atomic E-state index is 0.178. The van der Waals surface area contributed by atoms with Crippen molar-refractivity contribution in [3.05, 3.63) is 28.5 Å². The van der Waals surface area contributed by atoms with Crippen molar-refractivity contribution >= 4 is 23.1 Å². The molecule has 2 aromatic heterocycles. The summed E-state index contributed by atoms with van der Waals surface area (Å²) >= 11 is 1.53. The quantitative estimate of drug-likeness (QED) is 0.861. The topological polar surface area (TPSA) is 89.3 Å². The molecule has 0 spiro atoms. The van der Waals surface area contributed by atoms with Crippen molar-refractivity contribution < 1.29 is 14.1 Å². The third-order valence-corrected chi connectivity index (χ3v) is 4.73. The highest BCUT2D eigenvalue weighted by molar-refractivity contribution is 7.08. The Labute approximate surface area is 144 Å². The zero-order valence-corrected chi connectivity index (χ0v) is 14.6. The normalized spacial score (nSPS) is 17.0. The summed E-state index contributed by atoms with van der Waals surface area (Å²) in [6.07, 6.45) is 1.70. The summed E-state index contributed by atoms with van der Waals surface area (Å²) in [5.41, 5.74) is 0.775. The summed E-state index contributed by atoms with van der Waals surface area (Å²) < 4.78 is 10.9. The summed E-state index contributed by atoms with van der Waals surface area (Å²) in [4.78, 5) is 16.8. The van der Waals surface area contributed by atoms with Gasteiger partial charge in [-0.1, -0.05) is 19.0 Å². The molecule has 0 bridgehead atoms. The zero-order valence-electron chi connectivity index (χ0n) is 13.8. The first-order valence-electron chi connectivity index (χ1n) is 8.14. The van der Waals surface area contributed by atoms with Crippen molar-refractivity contribution in [3.63, 3.8) is 0 Å². The second-order valence-corrected chi connectivity index (χ2v) is 6.96. The number of rotatable bonds is 5. The number of ether oxygens (including phenoxy) is 1. The molecule has 3 heterocycles. The molecule has 0 radical (unpaired) electrons. The molecule has 0 aliphatic carbocycles. The van der Waals surface area contributed by atoms with Crippen LogP contribution in [-0.2, 0) is 4.74 Å². The van der Waals surface area contributed by atoms with Crippen molar-refractivity contribution in [3.8, 4) is 0 Å². The Hall–Kier alpha value is -1.93. The van der Waals surface area contributed by atoms with Crippen LogP contribution in [0.5, 0.6) is 0 Å². The fourth-order valence-corrected chi connectivity index (χ4v) is 3.27. The highest BCUT2D eigenvalue weighted by Gasteiger charge is 2.31. The van der Waals surface area contributed by atoms with Crippen LogP contribution in [0.2, 0.25) is 0 Å². The summed E-state index contributed by atoms with van der Waals surface area (Å²) in [5.74, 6) is 1.51. The number of carbonyl (C=O) groups excluding carboxylic acids is 1. The molecule has 2 N–H and O–H groups in total. The summed E-state index contributed by atoms with van der Waals surface area (Å²) in [6.45, 7) is 5.38. The van der Waals surface area contributed by atoms with Crippen LogP contribution in [0.3, 0.4) is 0 Å². The Morgan fingerprint density at radius 1 is 1.38 bits per heavy atom. The number of nitrogens with zero attached hydrogens (tertiary/aromatic N) is 2. The lowest BCUT2D eigenvalue weighted by atomic mass is 9.91. The van der Waals surface area contributed by atoms with Crippen LogP contribution in [-0.4, -0.2) is 29.4 Å². The fourth-order valence-electron chi connectivity index (χ4n) is 2.68. The molecule has 1 saturated heterocycles. The van der Waals surface area contributed by atoms with Crippen LogP contribution in [0.1, 0.15) is 50.4 Å². The van der Waals surface area contributed by atoms with E-state index in [0.29, 0.717) is 24.9 Å². The first kappa shape index (κ1) is 16.9. The van der Waals surface area contributed by atoms with Crippen LogP contribution >= 0.6 is 11.3 Å². The second-order valence-electron chi connectivity index (χ2n) is 6.18. The highest BCUT2D eigenvalue weighted by Crippen LogP contribution is 2.30. The minimum atomic E-state index is -0.312. The van der Waals surface area contributed by atoms with E-state index in [9.17, 15) is 4.79 Å². The molecule has 24 heavy (non-hydrogen) atoms. The number of hydrogen-bond acceptors (Lipinski definition) is 6. The minimum Gasteiger partial charge on any atom is -0.381 e. The van der Waals surface area contributed by atoms with Crippen molar-refractivity contribution in [1.82, 2.24) is 15.5 Å². The lowest BCUT2D eigenvalue weighted by Gasteiger charge is -2.28. The maximum atomic E-state index is 12.3. The Kier molecular flexibility index (Phi) is 5.47. The van der Waals surface area contributed by atoms with E-state index in [-0.39, 0.29) is 23.9 Å². The van der Waals surface area contributed by atoms with E-state index in [1.165, 1.54) is 11.3 Å². The average molecular weight is 350 g/mol. The number of urea groups is 1. The van der Waals surface area contributed by atoms with Crippen LogP contribution in [0.25, 0.3) is 0 Å². The van der Waals surface area contributed by atoms with E-state index in [1.807, 2.05) is 30.7 Å². The number of amides is 2. The summed E-state index contributed by atoms with van der Waals surface area (Å²) in [5, 5.41) is 13.7. The standard InChI is InChI=1S/C16H22N4O3S/c1-10(2)14-19-15(23-20-14)13(11-3-6-22-7-4-11)18-16(21)17-12-5-8-24-9-12/h5,8-11,13H,3-4,6-7H2,1-2H3,(H2,17,18,21)/t13-/m1/s1. The van der Waals surface area contributed by atoms with Gasteiger partial charge in [-0.25, -0.2) is 4.79 Å². The lowest BCUT2D eigenvalue weighted by molar-refractivity contribution is 0.0506. The Morgan fingerprint density at radius 2 is 2.17 bits per heavy atom. The van der Waals surface area contributed by atoms with Gasteiger partial charge in [0.2, 0.25) is 5.89 Å². The van der Waals surface area contributed by atoms with Crippen LogP contribution in [0, 0.1) is 5.92 Å². The monoisotopic (exact) mass is 350 g/mol. The van der Waals surface area contributed by atoms with Crippen molar-refractivity contribution in [2.24, 2.45) is 5.92 Å². The van der Waals surface area contributed by atoms with Gasteiger partial charge in [0.15, 0.2) is 5.82 Å². The van der Waals surface area contributed by atoms with Gasteiger partial charge >= 0.3 is 6.03 Å². The average Bonchev–Trinajstić information content (AvgIpc) is 3.25. The first-order valence-corrected chi connectivity index (χ1v) is 9.08. The van der Waals surface area contributed by atoms with Gasteiger partial charge in [-0.15, -0.1) is 0 Å². The molecule has 0 saturated carbocycles. The van der Waals surface area contributed by atoms with Gasteiger partial charge in [0.1, 0.15) is 6.04 Å². The molecule has 3 rings (SSSR count). The molecule has 8 heteroatoms. The number of aromatic nitrogens is 2. The molecule has 2 amide bonds. The maximum Gasteiger partial charge on any atom is 0.319 e. The predicted molar refractivity (Wildman–Crippen MR) is 91.1 cm³/mol. The largest absolute Gasteiger partial charge is 0.381 e. The third kappa shape index (κ3) is 4.12. The molecular formula is C16H22N4O3S.